The van der Waals surface area contributed by atoms with Crippen molar-refractivity contribution in [1.82, 2.24) is 9.88 Å². The van der Waals surface area contributed by atoms with Crippen molar-refractivity contribution in [2.75, 3.05) is 23.8 Å². The number of carbonyl (C=O) groups is 2. The zero-order chi connectivity index (χ0) is 20.3. The van der Waals surface area contributed by atoms with Crippen LogP contribution in [0.3, 0.4) is 0 Å². The fourth-order valence-corrected chi connectivity index (χ4v) is 4.44. The van der Waals surface area contributed by atoms with E-state index in [-0.39, 0.29) is 23.7 Å². The predicted molar refractivity (Wildman–Crippen MR) is 111 cm³/mol. The number of carbonyl (C=O) groups excluding carboxylic acids is 2. The molecule has 2 aliphatic rings. The third-order valence-corrected chi connectivity index (χ3v) is 5.77. The number of hydrogen-bond donors (Lipinski definition) is 3. The molecule has 29 heavy (non-hydrogen) atoms. The highest BCUT2D eigenvalue weighted by Crippen LogP contribution is 2.43. The number of benzene rings is 2. The van der Waals surface area contributed by atoms with E-state index in [9.17, 15) is 14.7 Å². The molecule has 3 heterocycles. The van der Waals surface area contributed by atoms with Crippen molar-refractivity contribution >= 4 is 34.1 Å². The van der Waals surface area contributed by atoms with Gasteiger partial charge in [0.05, 0.1) is 16.9 Å². The fourth-order valence-electron chi connectivity index (χ4n) is 4.44. The van der Waals surface area contributed by atoms with Crippen LogP contribution in [-0.2, 0) is 11.2 Å². The highest BCUT2D eigenvalue weighted by molar-refractivity contribution is 6.05. The average Bonchev–Trinajstić information content (AvgIpc) is 3.09. The smallest absolute Gasteiger partial charge is 0.257 e. The number of aromatic hydroxyl groups is 1. The van der Waals surface area contributed by atoms with Crippen molar-refractivity contribution in [2.24, 2.45) is 0 Å². The lowest BCUT2D eigenvalue weighted by Gasteiger charge is -2.46. The van der Waals surface area contributed by atoms with Crippen LogP contribution in [0.2, 0.25) is 0 Å². The van der Waals surface area contributed by atoms with Crippen LogP contribution >= 0.6 is 0 Å². The van der Waals surface area contributed by atoms with Gasteiger partial charge < -0.3 is 25.2 Å². The SMILES string of the molecule is C=CC(=O)Nc1ccc2c(c1)C(=O)N1CCc3c([nH]c4ccc(O)cc34)C1N2C. The number of nitrogens with zero attached hydrogens (tertiary/aromatic N) is 2. The molecule has 2 aliphatic heterocycles. The second kappa shape index (κ2) is 6.13. The van der Waals surface area contributed by atoms with E-state index in [1.807, 2.05) is 24.1 Å². The Morgan fingerprint density at radius 1 is 1.31 bits per heavy atom. The summed E-state index contributed by atoms with van der Waals surface area (Å²) in [7, 11) is 1.96. The van der Waals surface area contributed by atoms with Gasteiger partial charge in [-0.1, -0.05) is 6.58 Å². The van der Waals surface area contributed by atoms with Crippen molar-refractivity contribution in [3.8, 4) is 5.75 Å². The third kappa shape index (κ3) is 2.51. The standard InChI is InChI=1S/C22H20N4O3/c1-3-19(28)23-12-4-7-18-16(10-12)22(29)26-9-8-14-15-11-13(27)5-6-17(15)24-20(14)21(26)25(18)2/h3-7,10-11,21,24,27H,1,8-9H2,2H3,(H,23,28). The molecule has 0 saturated carbocycles. The number of fused-ring (bicyclic) bond motifs is 6. The summed E-state index contributed by atoms with van der Waals surface area (Å²) in [6.07, 6.45) is 1.65. The molecule has 7 heteroatoms. The average molecular weight is 388 g/mol. The summed E-state index contributed by atoms with van der Waals surface area (Å²) in [5.74, 6) is -0.150. The Labute approximate surface area is 167 Å². The maximum Gasteiger partial charge on any atom is 0.257 e. The molecule has 1 aromatic heterocycles. The summed E-state index contributed by atoms with van der Waals surface area (Å²) in [6, 6.07) is 10.6. The molecule has 146 valence electrons. The van der Waals surface area contributed by atoms with Crippen LogP contribution in [0.5, 0.6) is 5.75 Å². The lowest BCUT2D eigenvalue weighted by Crippen LogP contribution is -2.51. The normalized spacial score (nSPS) is 17.6. The van der Waals surface area contributed by atoms with E-state index in [2.05, 4.69) is 21.8 Å². The Balaban J connectivity index is 1.61. The topological polar surface area (TPSA) is 88.7 Å². The highest BCUT2D eigenvalue weighted by Gasteiger charge is 2.41. The Bertz CT molecular complexity index is 1200. The molecule has 1 atom stereocenters. The van der Waals surface area contributed by atoms with Gasteiger partial charge in [0, 0.05) is 30.2 Å². The van der Waals surface area contributed by atoms with Crippen LogP contribution in [0.25, 0.3) is 10.9 Å². The van der Waals surface area contributed by atoms with Crippen molar-refractivity contribution in [3.05, 3.63) is 65.9 Å². The largest absolute Gasteiger partial charge is 0.508 e. The summed E-state index contributed by atoms with van der Waals surface area (Å²) < 4.78 is 0. The number of anilines is 2. The molecule has 2 aromatic carbocycles. The number of phenolic OH excluding ortho intramolecular Hbond substituents is 1. The molecule has 0 radical (unpaired) electrons. The highest BCUT2D eigenvalue weighted by atomic mass is 16.3. The first kappa shape index (κ1) is 17.4. The van der Waals surface area contributed by atoms with Gasteiger partial charge in [-0.15, -0.1) is 0 Å². The number of aromatic nitrogens is 1. The molecular formula is C22H20N4O3. The molecule has 0 aliphatic carbocycles. The minimum atomic E-state index is -0.316. The third-order valence-electron chi connectivity index (χ3n) is 5.77. The first-order chi connectivity index (χ1) is 14.0. The molecule has 0 bridgehead atoms. The minimum absolute atomic E-state index is 0.0649. The molecule has 1 unspecified atom stereocenters. The second-order valence-electron chi connectivity index (χ2n) is 7.41. The number of phenols is 1. The molecule has 0 fully saturated rings. The molecule has 0 saturated heterocycles. The summed E-state index contributed by atoms with van der Waals surface area (Å²) in [6.45, 7) is 4.03. The summed E-state index contributed by atoms with van der Waals surface area (Å²) >= 11 is 0. The van der Waals surface area contributed by atoms with E-state index in [1.54, 1.807) is 24.3 Å². The summed E-state index contributed by atoms with van der Waals surface area (Å²) in [4.78, 5) is 32.3. The first-order valence-electron chi connectivity index (χ1n) is 9.42. The van der Waals surface area contributed by atoms with Crippen molar-refractivity contribution in [1.29, 1.82) is 0 Å². The van der Waals surface area contributed by atoms with Crippen molar-refractivity contribution in [3.63, 3.8) is 0 Å². The lowest BCUT2D eigenvalue weighted by atomic mass is 9.95. The van der Waals surface area contributed by atoms with E-state index >= 15 is 0 Å². The lowest BCUT2D eigenvalue weighted by molar-refractivity contribution is -0.111. The number of amides is 2. The Kier molecular flexibility index (Phi) is 3.67. The van der Waals surface area contributed by atoms with Crippen LogP contribution < -0.4 is 10.2 Å². The van der Waals surface area contributed by atoms with Gasteiger partial charge in [-0.2, -0.15) is 0 Å². The molecule has 5 rings (SSSR count). The fraction of sp³-hybridized carbons (Fsp3) is 0.182. The summed E-state index contributed by atoms with van der Waals surface area (Å²) in [5.41, 5.74) is 4.99. The van der Waals surface area contributed by atoms with Gasteiger partial charge in [0.15, 0.2) is 0 Å². The second-order valence-corrected chi connectivity index (χ2v) is 7.41. The van der Waals surface area contributed by atoms with Gasteiger partial charge in [-0.3, -0.25) is 9.59 Å². The number of hydrogen-bond acceptors (Lipinski definition) is 4. The van der Waals surface area contributed by atoms with E-state index in [0.717, 1.165) is 27.8 Å². The number of rotatable bonds is 2. The Morgan fingerprint density at radius 3 is 2.93 bits per heavy atom. The minimum Gasteiger partial charge on any atom is -0.508 e. The van der Waals surface area contributed by atoms with Gasteiger partial charge in [-0.25, -0.2) is 0 Å². The summed E-state index contributed by atoms with van der Waals surface area (Å²) in [5, 5.41) is 13.6. The molecule has 2 amide bonds. The number of aromatic amines is 1. The van der Waals surface area contributed by atoms with Crippen LogP contribution in [0.15, 0.2) is 49.1 Å². The molecule has 3 N–H and O–H groups in total. The Hall–Kier alpha value is -3.74. The van der Waals surface area contributed by atoms with Crippen LogP contribution in [0, 0.1) is 0 Å². The van der Waals surface area contributed by atoms with Gasteiger partial charge >= 0.3 is 0 Å². The van der Waals surface area contributed by atoms with E-state index in [0.29, 0.717) is 24.2 Å². The quantitative estimate of drug-likeness (QED) is 0.589. The van der Waals surface area contributed by atoms with E-state index in [4.69, 9.17) is 0 Å². The van der Waals surface area contributed by atoms with E-state index in [1.165, 1.54) is 6.08 Å². The van der Waals surface area contributed by atoms with Crippen LogP contribution in [0.4, 0.5) is 11.4 Å². The van der Waals surface area contributed by atoms with Gasteiger partial charge in [0.25, 0.3) is 5.91 Å². The number of nitrogens with one attached hydrogen (secondary N) is 2. The number of H-pyrrole nitrogens is 1. The van der Waals surface area contributed by atoms with Crippen LogP contribution in [0.1, 0.15) is 27.8 Å². The predicted octanol–water partition coefficient (Wildman–Crippen LogP) is 3.14. The monoisotopic (exact) mass is 388 g/mol. The van der Waals surface area contributed by atoms with Gasteiger partial charge in [-0.05, 0) is 54.5 Å². The van der Waals surface area contributed by atoms with Crippen molar-refractivity contribution < 1.29 is 14.7 Å². The van der Waals surface area contributed by atoms with Crippen LogP contribution in [-0.4, -0.2) is 40.4 Å². The van der Waals surface area contributed by atoms with Gasteiger partial charge in [0.2, 0.25) is 5.91 Å². The molecular weight excluding hydrogens is 368 g/mol. The zero-order valence-corrected chi connectivity index (χ0v) is 15.9. The maximum atomic E-state index is 13.3. The van der Waals surface area contributed by atoms with Crippen molar-refractivity contribution in [2.45, 2.75) is 12.6 Å². The first-order valence-corrected chi connectivity index (χ1v) is 9.42. The maximum absolute atomic E-state index is 13.3. The zero-order valence-electron chi connectivity index (χ0n) is 15.9. The molecule has 7 nitrogen and oxygen atoms in total. The Morgan fingerprint density at radius 2 is 2.14 bits per heavy atom. The van der Waals surface area contributed by atoms with Gasteiger partial charge in [0.1, 0.15) is 11.9 Å². The van der Waals surface area contributed by atoms with E-state index < -0.39 is 0 Å². The molecule has 0 spiro atoms. The molecule has 3 aromatic rings.